The fraction of sp³-hybridized carbons (Fsp3) is 0.941. The molecule has 1 amide bonds. The number of hydrogen-bond acceptors (Lipinski definition) is 3. The lowest BCUT2D eigenvalue weighted by atomic mass is 10.0. The predicted octanol–water partition coefficient (Wildman–Crippen LogP) is 3.80. The topological polar surface area (TPSA) is 41.6 Å². The van der Waals surface area contributed by atoms with Gasteiger partial charge in [-0.2, -0.15) is 0 Å². The zero-order valence-electron chi connectivity index (χ0n) is 14.7. The highest BCUT2D eigenvalue weighted by molar-refractivity contribution is 5.68. The summed E-state index contributed by atoms with van der Waals surface area (Å²) in [6.45, 7) is 14.2. The molecule has 0 saturated carbocycles. The van der Waals surface area contributed by atoms with E-state index in [-0.39, 0.29) is 12.1 Å². The first kappa shape index (κ1) is 18.3. The molecule has 2 unspecified atom stereocenters. The molecule has 1 aliphatic rings. The summed E-state index contributed by atoms with van der Waals surface area (Å²) in [6.07, 6.45) is 4.35. The van der Waals surface area contributed by atoms with Crippen LogP contribution in [0.3, 0.4) is 0 Å². The van der Waals surface area contributed by atoms with Gasteiger partial charge in [0.15, 0.2) is 0 Å². The van der Waals surface area contributed by atoms with Gasteiger partial charge < -0.3 is 15.0 Å². The molecule has 0 aromatic heterocycles. The highest BCUT2D eigenvalue weighted by Gasteiger charge is 2.30. The van der Waals surface area contributed by atoms with E-state index in [4.69, 9.17) is 4.74 Å². The Kier molecular flexibility index (Phi) is 6.98. The van der Waals surface area contributed by atoms with Crippen LogP contribution in [0, 0.1) is 5.92 Å². The van der Waals surface area contributed by atoms with Gasteiger partial charge in [-0.25, -0.2) is 4.79 Å². The summed E-state index contributed by atoms with van der Waals surface area (Å²) in [5, 5.41) is 3.58. The van der Waals surface area contributed by atoms with Crippen LogP contribution in [0.1, 0.15) is 67.2 Å². The molecule has 1 saturated heterocycles. The van der Waals surface area contributed by atoms with E-state index in [1.807, 2.05) is 25.7 Å². The van der Waals surface area contributed by atoms with E-state index < -0.39 is 5.60 Å². The fourth-order valence-electron chi connectivity index (χ4n) is 2.90. The zero-order chi connectivity index (χ0) is 16.0. The molecule has 2 atom stereocenters. The van der Waals surface area contributed by atoms with Crippen molar-refractivity contribution < 1.29 is 9.53 Å². The van der Waals surface area contributed by atoms with Crippen molar-refractivity contribution in [1.82, 2.24) is 10.2 Å². The third kappa shape index (κ3) is 7.16. The summed E-state index contributed by atoms with van der Waals surface area (Å²) in [5.74, 6) is 0.695. The number of nitrogens with one attached hydrogen (secondary N) is 1. The Bertz CT molecular complexity index is 323. The van der Waals surface area contributed by atoms with Gasteiger partial charge in [0.05, 0.1) is 0 Å². The largest absolute Gasteiger partial charge is 0.444 e. The van der Waals surface area contributed by atoms with Crippen molar-refractivity contribution in [2.45, 2.75) is 84.9 Å². The Morgan fingerprint density at radius 2 is 1.95 bits per heavy atom. The quantitative estimate of drug-likeness (QED) is 0.839. The number of rotatable bonds is 5. The third-order valence-corrected chi connectivity index (χ3v) is 3.78. The smallest absolute Gasteiger partial charge is 0.410 e. The third-order valence-electron chi connectivity index (χ3n) is 3.78. The normalized spacial score (nSPS) is 21.5. The van der Waals surface area contributed by atoms with Crippen molar-refractivity contribution in [1.29, 1.82) is 0 Å². The number of carbonyl (C=O) groups is 1. The second-order valence-corrected chi connectivity index (χ2v) is 7.76. The Labute approximate surface area is 130 Å². The van der Waals surface area contributed by atoms with E-state index >= 15 is 0 Å². The first-order chi connectivity index (χ1) is 9.69. The van der Waals surface area contributed by atoms with Gasteiger partial charge in [-0.1, -0.05) is 13.8 Å². The highest BCUT2D eigenvalue weighted by Crippen LogP contribution is 2.20. The van der Waals surface area contributed by atoms with Crippen LogP contribution in [0.15, 0.2) is 0 Å². The maximum atomic E-state index is 12.3. The van der Waals surface area contributed by atoms with Crippen molar-refractivity contribution in [3.05, 3.63) is 0 Å². The molecule has 1 N–H and O–H groups in total. The van der Waals surface area contributed by atoms with Crippen molar-refractivity contribution in [3.63, 3.8) is 0 Å². The summed E-state index contributed by atoms with van der Waals surface area (Å²) in [7, 11) is 0. The lowest BCUT2D eigenvalue weighted by molar-refractivity contribution is 0.00963. The van der Waals surface area contributed by atoms with Crippen LogP contribution in [0.5, 0.6) is 0 Å². The summed E-state index contributed by atoms with van der Waals surface area (Å²) >= 11 is 0. The molecule has 1 fully saturated rings. The molecule has 0 aromatic rings. The molecule has 21 heavy (non-hydrogen) atoms. The number of piperidine rings is 1. The molecule has 1 heterocycles. The molecule has 0 aromatic carbocycles. The van der Waals surface area contributed by atoms with Crippen molar-refractivity contribution >= 4 is 6.09 Å². The highest BCUT2D eigenvalue weighted by atomic mass is 16.6. The lowest BCUT2D eigenvalue weighted by Crippen LogP contribution is -2.51. The molecular weight excluding hydrogens is 264 g/mol. The van der Waals surface area contributed by atoms with Crippen LogP contribution in [-0.2, 0) is 4.74 Å². The number of hydrogen-bond donors (Lipinski definition) is 1. The SMILES string of the molecule is CC(C)CC(C)NCC1CCCCN1C(=O)OC(C)(C)C. The number of amides is 1. The van der Waals surface area contributed by atoms with E-state index in [1.54, 1.807) is 0 Å². The number of nitrogens with zero attached hydrogens (tertiary/aromatic N) is 1. The average molecular weight is 298 g/mol. The molecule has 0 aliphatic carbocycles. The Hall–Kier alpha value is -0.770. The fourth-order valence-corrected chi connectivity index (χ4v) is 2.90. The van der Waals surface area contributed by atoms with E-state index in [1.165, 1.54) is 12.8 Å². The van der Waals surface area contributed by atoms with Gasteiger partial charge in [-0.3, -0.25) is 0 Å². The maximum Gasteiger partial charge on any atom is 0.410 e. The van der Waals surface area contributed by atoms with Gasteiger partial charge in [-0.15, -0.1) is 0 Å². The molecule has 4 nitrogen and oxygen atoms in total. The molecule has 1 aliphatic heterocycles. The zero-order valence-corrected chi connectivity index (χ0v) is 14.7. The van der Waals surface area contributed by atoms with Gasteiger partial charge in [0.2, 0.25) is 0 Å². The number of likely N-dealkylation sites (tertiary alicyclic amines) is 1. The van der Waals surface area contributed by atoms with Crippen molar-refractivity contribution in [2.75, 3.05) is 13.1 Å². The Balaban J connectivity index is 2.51. The summed E-state index contributed by atoms with van der Waals surface area (Å²) in [4.78, 5) is 14.2. The molecule has 1 rings (SSSR count). The molecule has 0 spiro atoms. The maximum absolute atomic E-state index is 12.3. The Morgan fingerprint density at radius 3 is 2.52 bits per heavy atom. The lowest BCUT2D eigenvalue weighted by Gasteiger charge is -2.37. The molecule has 4 heteroatoms. The molecule has 124 valence electrons. The van der Waals surface area contributed by atoms with Crippen LogP contribution in [0.25, 0.3) is 0 Å². The van der Waals surface area contributed by atoms with E-state index in [0.29, 0.717) is 12.0 Å². The van der Waals surface area contributed by atoms with E-state index in [9.17, 15) is 4.79 Å². The minimum Gasteiger partial charge on any atom is -0.444 e. The minimum absolute atomic E-state index is 0.162. The second kappa shape index (κ2) is 8.02. The van der Waals surface area contributed by atoms with Crippen LogP contribution in [-0.4, -0.2) is 41.8 Å². The van der Waals surface area contributed by atoms with Crippen LogP contribution < -0.4 is 5.32 Å². The summed E-state index contributed by atoms with van der Waals surface area (Å²) < 4.78 is 5.54. The van der Waals surface area contributed by atoms with Crippen LogP contribution in [0.2, 0.25) is 0 Å². The monoisotopic (exact) mass is 298 g/mol. The number of carbonyl (C=O) groups excluding carboxylic acids is 1. The van der Waals surface area contributed by atoms with Crippen molar-refractivity contribution in [2.24, 2.45) is 5.92 Å². The molecule has 0 radical (unpaired) electrons. The van der Waals surface area contributed by atoms with E-state index in [2.05, 4.69) is 26.1 Å². The Morgan fingerprint density at radius 1 is 1.29 bits per heavy atom. The predicted molar refractivity (Wildman–Crippen MR) is 87.5 cm³/mol. The summed E-state index contributed by atoms with van der Waals surface area (Å²) in [6, 6.07) is 0.760. The van der Waals surface area contributed by atoms with Gasteiger partial charge in [0.1, 0.15) is 5.60 Å². The average Bonchev–Trinajstić information content (AvgIpc) is 2.33. The summed E-state index contributed by atoms with van der Waals surface area (Å²) in [5.41, 5.74) is -0.419. The standard InChI is InChI=1S/C17H34N2O2/c1-13(2)11-14(3)18-12-15-9-7-8-10-19(15)16(20)21-17(4,5)6/h13-15,18H,7-12H2,1-6H3. The first-order valence-corrected chi connectivity index (χ1v) is 8.42. The minimum atomic E-state index is -0.419. The second-order valence-electron chi connectivity index (χ2n) is 7.76. The van der Waals surface area contributed by atoms with Crippen molar-refractivity contribution in [3.8, 4) is 0 Å². The van der Waals surface area contributed by atoms with Crippen LogP contribution in [0.4, 0.5) is 4.79 Å². The van der Waals surface area contributed by atoms with Gasteiger partial charge in [-0.05, 0) is 59.3 Å². The van der Waals surface area contributed by atoms with Crippen LogP contribution >= 0.6 is 0 Å². The molecular formula is C17H34N2O2. The van der Waals surface area contributed by atoms with Gasteiger partial charge >= 0.3 is 6.09 Å². The van der Waals surface area contributed by atoms with Gasteiger partial charge in [0.25, 0.3) is 0 Å². The number of ether oxygens (including phenoxy) is 1. The molecule has 0 bridgehead atoms. The van der Waals surface area contributed by atoms with E-state index in [0.717, 1.165) is 25.9 Å². The first-order valence-electron chi connectivity index (χ1n) is 8.42. The van der Waals surface area contributed by atoms with Gasteiger partial charge in [0, 0.05) is 25.2 Å².